The summed E-state index contributed by atoms with van der Waals surface area (Å²) in [7, 11) is 3.11. The minimum atomic E-state index is -3.14. The van der Waals surface area contributed by atoms with Crippen molar-refractivity contribution >= 4 is 26.7 Å². The number of rotatable bonds is 10. The fourth-order valence-electron chi connectivity index (χ4n) is 6.10. The molecule has 2 atom stereocenters. The van der Waals surface area contributed by atoms with E-state index in [2.05, 4.69) is 29.1 Å². The highest BCUT2D eigenvalue weighted by Gasteiger charge is 2.31. The Morgan fingerprint density at radius 3 is 2.25 bits per heavy atom. The number of hydrogen-bond donors (Lipinski definition) is 2. The van der Waals surface area contributed by atoms with Crippen molar-refractivity contribution in [1.29, 1.82) is 0 Å². The van der Waals surface area contributed by atoms with Gasteiger partial charge in [0.25, 0.3) is 11.4 Å². The number of hydrogen-bond acceptors (Lipinski definition) is 8. The Balaban J connectivity index is 0.00000178. The second-order valence-corrected chi connectivity index (χ2v) is 12.9. The first-order valence-corrected chi connectivity index (χ1v) is 18.0. The van der Waals surface area contributed by atoms with Gasteiger partial charge in [-0.2, -0.15) is 8.78 Å². The van der Waals surface area contributed by atoms with E-state index < -0.39 is 23.6 Å². The van der Waals surface area contributed by atoms with Crippen LogP contribution in [0.2, 0.25) is 0 Å². The van der Waals surface area contributed by atoms with Crippen LogP contribution in [0.15, 0.2) is 70.4 Å². The Hall–Kier alpha value is -4.03. The fourth-order valence-corrected chi connectivity index (χ4v) is 6.28. The zero-order chi connectivity index (χ0) is 39.0. The maximum Gasteiger partial charge on any atom is 0.415 e. The van der Waals surface area contributed by atoms with Crippen LogP contribution in [0.25, 0.3) is 0 Å². The van der Waals surface area contributed by atoms with E-state index >= 15 is 0 Å². The van der Waals surface area contributed by atoms with Crippen LogP contribution >= 0.6 is 9.24 Å². The second-order valence-electron chi connectivity index (χ2n) is 12.2. The van der Waals surface area contributed by atoms with Crippen molar-refractivity contribution in [3.63, 3.8) is 0 Å². The summed E-state index contributed by atoms with van der Waals surface area (Å²) >= 11 is 0. The number of nitrogens with one attached hydrogen (secondary N) is 1. The Bertz CT molecular complexity index is 1560. The molecule has 0 aromatic heterocycles. The van der Waals surface area contributed by atoms with Crippen molar-refractivity contribution in [3.8, 4) is 11.5 Å². The lowest BCUT2D eigenvalue weighted by atomic mass is 9.96. The number of alkyl halides is 4. The zero-order valence-electron chi connectivity index (χ0n) is 30.8. The van der Waals surface area contributed by atoms with Gasteiger partial charge in [-0.05, 0) is 88.4 Å². The minimum Gasteiger partial charge on any atom is -0.507 e. The molecule has 2 aliphatic heterocycles. The molecule has 288 valence electrons. The molecule has 0 aliphatic carbocycles. The average molecular weight is 754 g/mol. The lowest BCUT2D eigenvalue weighted by Crippen LogP contribution is -2.53. The van der Waals surface area contributed by atoms with Crippen molar-refractivity contribution in [1.82, 2.24) is 15.1 Å². The normalized spacial score (nSPS) is 17.9. The molecule has 2 aromatic rings. The average Bonchev–Trinajstić information content (AvgIpc) is 3.13. The predicted octanol–water partition coefficient (Wildman–Crippen LogP) is 8.90. The maximum atomic E-state index is 13.8. The lowest BCUT2D eigenvalue weighted by molar-refractivity contribution is -0.384. The number of ether oxygens (including phenoxy) is 1. The van der Waals surface area contributed by atoms with E-state index in [1.54, 1.807) is 11.9 Å². The highest BCUT2D eigenvalue weighted by Crippen LogP contribution is 2.37. The van der Waals surface area contributed by atoms with Crippen molar-refractivity contribution in [2.24, 2.45) is 4.99 Å². The quantitative estimate of drug-likeness (QED) is 0.0621. The van der Waals surface area contributed by atoms with Crippen LogP contribution in [-0.2, 0) is 5.66 Å². The molecular formula is C37H52F4N5O5P. The highest BCUT2D eigenvalue weighted by atomic mass is 31.0. The van der Waals surface area contributed by atoms with Crippen molar-refractivity contribution in [2.45, 2.75) is 84.5 Å². The zero-order valence-corrected chi connectivity index (χ0v) is 32.0. The van der Waals surface area contributed by atoms with Crippen LogP contribution < -0.4 is 10.1 Å². The number of benzene rings is 2. The number of halogens is 4. The summed E-state index contributed by atoms with van der Waals surface area (Å²) in [5, 5.41) is 25.3. The first-order valence-electron chi connectivity index (χ1n) is 17.4. The van der Waals surface area contributed by atoms with Gasteiger partial charge < -0.3 is 20.1 Å². The number of nitro benzene ring substituents is 1. The van der Waals surface area contributed by atoms with Crippen LogP contribution in [0.3, 0.4) is 0 Å². The van der Waals surface area contributed by atoms with Gasteiger partial charge in [-0.1, -0.05) is 41.7 Å². The number of nitrogens with zero attached hydrogens (tertiary/aromatic N) is 4. The van der Waals surface area contributed by atoms with Gasteiger partial charge in [-0.15, -0.1) is 0 Å². The number of non-ortho nitro benzene ring substituents is 1. The summed E-state index contributed by atoms with van der Waals surface area (Å²) < 4.78 is 52.3. The monoisotopic (exact) mass is 753 g/mol. The number of carbonyl (C=O) groups excluding carboxylic acids is 1. The van der Waals surface area contributed by atoms with Crippen molar-refractivity contribution < 1.29 is 37.1 Å². The van der Waals surface area contributed by atoms with Gasteiger partial charge >= 0.3 is 6.09 Å². The van der Waals surface area contributed by atoms with Crippen LogP contribution in [0.1, 0.15) is 77.8 Å². The van der Waals surface area contributed by atoms with E-state index in [1.807, 2.05) is 26.8 Å². The van der Waals surface area contributed by atoms with Crippen LogP contribution in [0.4, 0.5) is 28.0 Å². The Morgan fingerprint density at radius 1 is 1.12 bits per heavy atom. The number of phenols is 1. The molecule has 1 amide bonds. The highest BCUT2D eigenvalue weighted by molar-refractivity contribution is 7.17. The molecule has 0 saturated carbocycles. The molecule has 2 saturated heterocycles. The van der Waals surface area contributed by atoms with Gasteiger partial charge in [0.1, 0.15) is 11.5 Å². The number of likely N-dealkylation sites (tertiary alicyclic amines) is 2. The number of amides is 1. The molecule has 52 heavy (non-hydrogen) atoms. The van der Waals surface area contributed by atoms with Crippen molar-refractivity contribution in [3.05, 3.63) is 86.6 Å². The third kappa shape index (κ3) is 12.9. The molecule has 2 fully saturated rings. The third-order valence-electron chi connectivity index (χ3n) is 8.89. The number of carbonyl (C=O) groups is 1. The van der Waals surface area contributed by atoms with Gasteiger partial charge in [0.05, 0.1) is 10.6 Å². The van der Waals surface area contributed by atoms with Crippen LogP contribution in [0, 0.1) is 10.1 Å². The molecule has 2 N–H and O–H groups in total. The summed E-state index contributed by atoms with van der Waals surface area (Å²) in [4.78, 5) is 31.7. The molecule has 2 aromatic carbocycles. The SMILES string of the molecule is CC.CC/C(C)=C(/C=C(/C)C(=NC)c1ccc(C(F)(F)P)cc1O)NC1CCCN(C2CCN(C(=O)Oc3ccc([N+](=O)[O-])cc3)CC2)C1.FCF. The molecule has 15 heteroatoms. The number of aromatic hydroxyl groups is 1. The van der Waals surface area contributed by atoms with E-state index in [9.17, 15) is 37.6 Å². The Morgan fingerprint density at radius 2 is 1.73 bits per heavy atom. The smallest absolute Gasteiger partial charge is 0.415 e. The molecular weight excluding hydrogens is 701 g/mol. The number of phenolic OH excluding ortho intramolecular Hbond substituents is 1. The molecule has 2 heterocycles. The fraction of sp³-hybridized carbons (Fsp3) is 0.514. The van der Waals surface area contributed by atoms with Crippen LogP contribution in [0.5, 0.6) is 11.5 Å². The van der Waals surface area contributed by atoms with Gasteiger partial charge in [-0.3, -0.25) is 20.0 Å². The molecule has 0 spiro atoms. The van der Waals surface area contributed by atoms with E-state index in [0.717, 1.165) is 62.5 Å². The Kier molecular flexibility index (Phi) is 18.2. The number of allylic oxidation sites excluding steroid dienone is 3. The summed E-state index contributed by atoms with van der Waals surface area (Å²) in [6.45, 7) is 11.3. The van der Waals surface area contributed by atoms with Gasteiger partial charge in [-0.25, -0.2) is 13.6 Å². The summed E-state index contributed by atoms with van der Waals surface area (Å²) in [6, 6.07) is 9.87. The summed E-state index contributed by atoms with van der Waals surface area (Å²) in [6.07, 6.45) is 6.07. The molecule has 0 bridgehead atoms. The van der Waals surface area contributed by atoms with Crippen molar-refractivity contribution in [2.75, 3.05) is 40.2 Å². The molecule has 2 unspecified atom stereocenters. The number of nitro groups is 1. The minimum absolute atomic E-state index is 0.0628. The molecule has 4 rings (SSSR count). The first kappa shape index (κ1) is 44.1. The standard InChI is InChI=1S/C34H44F2N5O5P.C2H6.CH2F2/c1-5-22(2)30(19-23(3)32(37-4)29-13-8-24(20-31(29)42)34(35,36)47)38-25-7-6-16-40(21-25)26-14-17-39(18-15-26)33(43)46-28-11-9-27(10-12-28)41(44)45;1-2;2-1-3/h8-13,19-20,25-26,38,42H,5-7,14-18,21,47H2,1-4H3;1-2H3;1H2/b23-19-,30-22-,37-32?;;. The lowest BCUT2D eigenvalue weighted by Gasteiger charge is -2.42. The van der Waals surface area contributed by atoms with E-state index in [0.29, 0.717) is 30.4 Å². The van der Waals surface area contributed by atoms with E-state index in [4.69, 9.17) is 4.74 Å². The molecule has 10 nitrogen and oxygen atoms in total. The number of aliphatic imine (C=N–C) groups is 1. The van der Waals surface area contributed by atoms with Gasteiger partial charge in [0.2, 0.25) is 6.93 Å². The second kappa shape index (κ2) is 21.5. The summed E-state index contributed by atoms with van der Waals surface area (Å²) in [5.41, 5.74) is 0.355. The first-order chi connectivity index (χ1) is 24.7. The predicted molar refractivity (Wildman–Crippen MR) is 201 cm³/mol. The summed E-state index contributed by atoms with van der Waals surface area (Å²) in [5.74, 6) is 0.0211. The van der Waals surface area contributed by atoms with E-state index in [-0.39, 0.29) is 28.8 Å². The number of piperidine rings is 2. The third-order valence-corrected chi connectivity index (χ3v) is 9.22. The maximum absolute atomic E-state index is 13.8. The van der Waals surface area contributed by atoms with Gasteiger partial charge in [0, 0.05) is 67.7 Å². The van der Waals surface area contributed by atoms with E-state index in [1.165, 1.54) is 51.2 Å². The molecule has 2 aliphatic rings. The topological polar surface area (TPSA) is 121 Å². The largest absolute Gasteiger partial charge is 0.507 e. The Labute approximate surface area is 306 Å². The molecule has 0 radical (unpaired) electrons. The van der Waals surface area contributed by atoms with Crippen LogP contribution in [-0.4, -0.2) is 83.9 Å². The van der Waals surface area contributed by atoms with Gasteiger partial charge in [0.15, 0.2) is 0 Å².